The molecule has 1 saturated carbocycles. The molecule has 1 aliphatic heterocycles. The molecule has 1 aliphatic carbocycles. The van der Waals surface area contributed by atoms with Gasteiger partial charge in [0.1, 0.15) is 5.82 Å². The molecule has 0 atom stereocenters. The van der Waals surface area contributed by atoms with Gasteiger partial charge in [-0.2, -0.15) is 0 Å². The van der Waals surface area contributed by atoms with Crippen LogP contribution in [-0.2, 0) is 14.3 Å². The van der Waals surface area contributed by atoms with Crippen molar-refractivity contribution < 1.29 is 24.2 Å². The summed E-state index contributed by atoms with van der Waals surface area (Å²) in [7, 11) is 1.59. The molecule has 2 aliphatic rings. The number of fused-ring (bicyclic) bond motifs is 1. The number of aromatic nitrogens is 1. The normalized spacial score (nSPS) is 16.8. The SMILES string of the molecule is COCCNC(=O)CN1CCN(c2cc(C(=O)O)c3cc(NC(=O)C4CCC4)ccc3n2)CC1. The van der Waals surface area contributed by atoms with E-state index in [9.17, 15) is 19.5 Å². The molecule has 2 fully saturated rings. The smallest absolute Gasteiger partial charge is 0.336 e. The zero-order valence-electron chi connectivity index (χ0n) is 19.4. The van der Waals surface area contributed by atoms with Gasteiger partial charge < -0.3 is 25.4 Å². The molecule has 1 aromatic carbocycles. The second-order valence-electron chi connectivity index (χ2n) is 8.79. The molecule has 0 radical (unpaired) electrons. The third-order valence-electron chi connectivity index (χ3n) is 6.46. The van der Waals surface area contributed by atoms with Gasteiger partial charge in [-0.3, -0.25) is 14.5 Å². The van der Waals surface area contributed by atoms with E-state index < -0.39 is 5.97 Å². The summed E-state index contributed by atoms with van der Waals surface area (Å²) < 4.78 is 4.94. The molecule has 1 aromatic heterocycles. The van der Waals surface area contributed by atoms with Crippen LogP contribution in [0.4, 0.5) is 11.5 Å². The summed E-state index contributed by atoms with van der Waals surface area (Å²) >= 11 is 0. The third kappa shape index (κ3) is 5.63. The van der Waals surface area contributed by atoms with Gasteiger partial charge in [0.2, 0.25) is 11.8 Å². The van der Waals surface area contributed by atoms with E-state index in [0.29, 0.717) is 68.3 Å². The van der Waals surface area contributed by atoms with Crippen LogP contribution in [0.2, 0.25) is 0 Å². The summed E-state index contributed by atoms with van der Waals surface area (Å²) in [5.74, 6) is -0.451. The maximum Gasteiger partial charge on any atom is 0.336 e. The van der Waals surface area contributed by atoms with E-state index in [-0.39, 0.29) is 23.3 Å². The molecule has 3 N–H and O–H groups in total. The molecule has 0 unspecified atom stereocenters. The zero-order chi connectivity index (χ0) is 24.1. The van der Waals surface area contributed by atoms with Crippen molar-refractivity contribution in [2.75, 3.05) is 63.2 Å². The Bertz CT molecular complexity index is 1060. The van der Waals surface area contributed by atoms with E-state index in [1.54, 1.807) is 31.4 Å². The van der Waals surface area contributed by atoms with Crippen molar-refractivity contribution in [3.8, 4) is 0 Å². The Morgan fingerprint density at radius 2 is 1.91 bits per heavy atom. The number of nitrogens with zero attached hydrogens (tertiary/aromatic N) is 3. The second-order valence-corrected chi connectivity index (χ2v) is 8.79. The number of carboxylic acid groups (broad SMARTS) is 1. The summed E-state index contributed by atoms with van der Waals surface area (Å²) in [6.45, 7) is 3.90. The first-order valence-corrected chi connectivity index (χ1v) is 11.7. The monoisotopic (exact) mass is 469 g/mol. The number of benzene rings is 1. The first-order chi connectivity index (χ1) is 16.4. The van der Waals surface area contributed by atoms with Crippen LogP contribution in [0.15, 0.2) is 24.3 Å². The summed E-state index contributed by atoms with van der Waals surface area (Å²) in [5, 5.41) is 16.1. The van der Waals surface area contributed by atoms with Gasteiger partial charge in [0, 0.05) is 56.8 Å². The van der Waals surface area contributed by atoms with E-state index in [1.165, 1.54) is 0 Å². The quantitative estimate of drug-likeness (QED) is 0.473. The average Bonchev–Trinajstić information content (AvgIpc) is 2.77. The highest BCUT2D eigenvalue weighted by molar-refractivity contribution is 6.05. The predicted molar refractivity (Wildman–Crippen MR) is 128 cm³/mol. The predicted octanol–water partition coefficient (Wildman–Crippen LogP) is 1.56. The summed E-state index contributed by atoms with van der Waals surface area (Å²) in [4.78, 5) is 45.2. The molecular formula is C24H31N5O5. The molecule has 10 heteroatoms. The number of ether oxygens (including phenoxy) is 1. The van der Waals surface area contributed by atoms with Crippen LogP contribution >= 0.6 is 0 Å². The number of hydrogen-bond donors (Lipinski definition) is 3. The first-order valence-electron chi connectivity index (χ1n) is 11.7. The molecule has 34 heavy (non-hydrogen) atoms. The number of aromatic carboxylic acids is 1. The Kier molecular flexibility index (Phi) is 7.59. The van der Waals surface area contributed by atoms with Crippen LogP contribution in [0, 0.1) is 5.92 Å². The van der Waals surface area contributed by atoms with Gasteiger partial charge >= 0.3 is 5.97 Å². The Hall–Kier alpha value is -3.24. The minimum absolute atomic E-state index is 0.0164. The molecule has 2 heterocycles. The number of rotatable bonds is 9. The van der Waals surface area contributed by atoms with Gasteiger partial charge in [-0.1, -0.05) is 6.42 Å². The average molecular weight is 470 g/mol. The number of methoxy groups -OCH3 is 1. The standard InChI is InChI=1S/C24H31N5O5/c1-34-12-7-25-22(30)15-28-8-10-29(11-9-28)21-14-19(24(32)33)18-13-17(5-6-20(18)27-21)26-23(31)16-3-2-4-16/h5-6,13-14,16H,2-4,7-12,15H2,1H3,(H,25,30)(H,26,31)(H,32,33). The van der Waals surface area contributed by atoms with Crippen molar-refractivity contribution in [2.24, 2.45) is 5.92 Å². The van der Waals surface area contributed by atoms with Crippen LogP contribution in [0.5, 0.6) is 0 Å². The first kappa shape index (κ1) is 23.9. The van der Waals surface area contributed by atoms with Crippen molar-refractivity contribution >= 4 is 40.2 Å². The zero-order valence-corrected chi connectivity index (χ0v) is 19.4. The van der Waals surface area contributed by atoms with Gasteiger partial charge in [-0.05, 0) is 37.1 Å². The molecule has 2 aromatic rings. The Balaban J connectivity index is 1.44. The van der Waals surface area contributed by atoms with Gasteiger partial charge in [0.25, 0.3) is 0 Å². The largest absolute Gasteiger partial charge is 0.478 e. The van der Waals surface area contributed by atoms with Gasteiger partial charge in [0.15, 0.2) is 0 Å². The number of hydrogen-bond acceptors (Lipinski definition) is 7. The topological polar surface area (TPSA) is 124 Å². The van der Waals surface area contributed by atoms with Crippen molar-refractivity contribution in [2.45, 2.75) is 19.3 Å². The third-order valence-corrected chi connectivity index (χ3v) is 6.46. The molecule has 1 saturated heterocycles. The summed E-state index contributed by atoms with van der Waals surface area (Å²) in [6.07, 6.45) is 2.87. The second kappa shape index (κ2) is 10.8. The van der Waals surface area contributed by atoms with E-state index in [4.69, 9.17) is 9.72 Å². The summed E-state index contributed by atoms with van der Waals surface area (Å²) in [5.41, 5.74) is 1.30. The maximum atomic E-state index is 12.3. The highest BCUT2D eigenvalue weighted by Crippen LogP contribution is 2.30. The van der Waals surface area contributed by atoms with E-state index in [1.807, 2.05) is 4.90 Å². The van der Waals surface area contributed by atoms with Crippen LogP contribution in [-0.4, -0.2) is 85.8 Å². The van der Waals surface area contributed by atoms with Gasteiger partial charge in [-0.25, -0.2) is 9.78 Å². The lowest BCUT2D eigenvalue weighted by Crippen LogP contribution is -2.50. The Morgan fingerprint density at radius 3 is 2.56 bits per heavy atom. The number of amides is 2. The van der Waals surface area contributed by atoms with Crippen LogP contribution < -0.4 is 15.5 Å². The van der Waals surface area contributed by atoms with Crippen molar-refractivity contribution in [3.63, 3.8) is 0 Å². The number of anilines is 2. The molecule has 4 rings (SSSR count). The lowest BCUT2D eigenvalue weighted by molar-refractivity contribution is -0.123. The minimum atomic E-state index is -1.04. The van der Waals surface area contributed by atoms with Crippen molar-refractivity contribution in [3.05, 3.63) is 29.8 Å². The molecule has 0 spiro atoms. The lowest BCUT2D eigenvalue weighted by atomic mass is 9.85. The number of carbonyl (C=O) groups is 3. The number of nitrogens with one attached hydrogen (secondary N) is 2. The Labute approximate surface area is 198 Å². The van der Waals surface area contributed by atoms with Crippen molar-refractivity contribution in [1.82, 2.24) is 15.2 Å². The minimum Gasteiger partial charge on any atom is -0.478 e. The fourth-order valence-electron chi connectivity index (χ4n) is 4.23. The molecule has 2 amide bonds. The lowest BCUT2D eigenvalue weighted by Gasteiger charge is -2.35. The van der Waals surface area contributed by atoms with E-state index in [2.05, 4.69) is 15.5 Å². The fourth-order valence-corrected chi connectivity index (χ4v) is 4.23. The molecule has 0 bridgehead atoms. The Morgan fingerprint density at radius 1 is 1.15 bits per heavy atom. The molecule has 10 nitrogen and oxygen atoms in total. The molecular weight excluding hydrogens is 438 g/mol. The van der Waals surface area contributed by atoms with E-state index >= 15 is 0 Å². The number of piperazine rings is 1. The fraction of sp³-hybridized carbons (Fsp3) is 0.500. The number of carbonyl (C=O) groups excluding carboxylic acids is 2. The maximum absolute atomic E-state index is 12.3. The number of carboxylic acids is 1. The van der Waals surface area contributed by atoms with Crippen LogP contribution in [0.1, 0.15) is 29.6 Å². The van der Waals surface area contributed by atoms with Gasteiger partial charge in [0.05, 0.1) is 24.2 Å². The van der Waals surface area contributed by atoms with Crippen LogP contribution in [0.25, 0.3) is 10.9 Å². The summed E-state index contributed by atoms with van der Waals surface area (Å²) in [6, 6.07) is 6.80. The van der Waals surface area contributed by atoms with Crippen LogP contribution in [0.3, 0.4) is 0 Å². The highest BCUT2D eigenvalue weighted by atomic mass is 16.5. The molecule has 182 valence electrons. The highest BCUT2D eigenvalue weighted by Gasteiger charge is 2.26. The number of pyridine rings is 1. The van der Waals surface area contributed by atoms with Crippen molar-refractivity contribution in [1.29, 1.82) is 0 Å². The van der Waals surface area contributed by atoms with Gasteiger partial charge in [-0.15, -0.1) is 0 Å². The van der Waals surface area contributed by atoms with E-state index in [0.717, 1.165) is 19.3 Å².